The number of carbonyl (C=O) groups is 2. The number of fused-ring (bicyclic) bond motifs is 1. The summed E-state index contributed by atoms with van der Waals surface area (Å²) in [7, 11) is 1.92. The van der Waals surface area contributed by atoms with Crippen LogP contribution in [0.3, 0.4) is 0 Å². The summed E-state index contributed by atoms with van der Waals surface area (Å²) in [6.45, 7) is 2.52. The number of hydrogen-bond acceptors (Lipinski definition) is 4. The van der Waals surface area contributed by atoms with Crippen LogP contribution >= 0.6 is 0 Å². The number of halogens is 3. The van der Waals surface area contributed by atoms with Gasteiger partial charge < -0.3 is 19.9 Å². The van der Waals surface area contributed by atoms with E-state index in [0.717, 1.165) is 22.0 Å². The molecule has 0 saturated carbocycles. The first kappa shape index (κ1) is 26.2. The number of rotatable bonds is 5. The van der Waals surface area contributed by atoms with Crippen LogP contribution in [0.2, 0.25) is 0 Å². The van der Waals surface area contributed by atoms with Crippen molar-refractivity contribution >= 4 is 28.4 Å². The molecule has 10 heteroatoms. The largest absolute Gasteiger partial charge is 0.414 e. The lowest BCUT2D eigenvalue weighted by Crippen LogP contribution is -2.41. The summed E-state index contributed by atoms with van der Waals surface area (Å²) in [5, 5.41) is 22.3. The molecule has 0 spiro atoms. The van der Waals surface area contributed by atoms with Gasteiger partial charge in [-0.1, -0.05) is 6.07 Å². The molecule has 3 aromatic rings. The van der Waals surface area contributed by atoms with Gasteiger partial charge in [0, 0.05) is 48.5 Å². The van der Waals surface area contributed by atoms with Crippen LogP contribution in [0.25, 0.3) is 10.9 Å². The summed E-state index contributed by atoms with van der Waals surface area (Å²) < 4.78 is 39.9. The predicted molar refractivity (Wildman–Crippen MR) is 132 cm³/mol. The van der Waals surface area contributed by atoms with E-state index in [1.807, 2.05) is 42.9 Å². The highest BCUT2D eigenvalue weighted by Crippen LogP contribution is 2.38. The van der Waals surface area contributed by atoms with E-state index in [1.165, 1.54) is 11.0 Å². The summed E-state index contributed by atoms with van der Waals surface area (Å²) in [6.07, 6.45) is -5.28. The van der Waals surface area contributed by atoms with Crippen molar-refractivity contribution in [1.82, 2.24) is 9.47 Å². The SMILES string of the molecule is Cc1c(NC(=O)c2cccc(C#N)c2)ccc2c1c(C1CCN(C(=O)CC(O)C(F)(F)F)CC1)cn2C. The van der Waals surface area contributed by atoms with Crippen LogP contribution in [0.15, 0.2) is 42.6 Å². The van der Waals surface area contributed by atoms with E-state index in [9.17, 15) is 27.9 Å². The van der Waals surface area contributed by atoms with Crippen molar-refractivity contribution in [3.05, 3.63) is 64.8 Å². The van der Waals surface area contributed by atoms with Crippen LogP contribution < -0.4 is 5.32 Å². The lowest BCUT2D eigenvalue weighted by Gasteiger charge is -2.33. The molecule has 1 fully saturated rings. The minimum Gasteiger partial charge on any atom is -0.383 e. The van der Waals surface area contributed by atoms with Crippen molar-refractivity contribution in [2.75, 3.05) is 18.4 Å². The molecule has 1 unspecified atom stereocenters. The molecule has 1 aromatic heterocycles. The number of alkyl halides is 3. The fourth-order valence-corrected chi connectivity index (χ4v) is 4.92. The molecule has 4 rings (SSSR count). The number of anilines is 1. The van der Waals surface area contributed by atoms with Gasteiger partial charge in [0.25, 0.3) is 5.91 Å². The zero-order valence-corrected chi connectivity index (χ0v) is 20.5. The lowest BCUT2D eigenvalue weighted by molar-refractivity contribution is -0.207. The van der Waals surface area contributed by atoms with Gasteiger partial charge in [-0.3, -0.25) is 9.59 Å². The number of benzene rings is 2. The third-order valence-corrected chi connectivity index (χ3v) is 6.98. The van der Waals surface area contributed by atoms with Gasteiger partial charge >= 0.3 is 6.18 Å². The number of carbonyl (C=O) groups excluding carboxylic acids is 2. The van der Waals surface area contributed by atoms with Gasteiger partial charge in [0.15, 0.2) is 6.10 Å². The highest BCUT2D eigenvalue weighted by molar-refractivity contribution is 6.06. The number of aromatic nitrogens is 1. The van der Waals surface area contributed by atoms with Crippen molar-refractivity contribution < 1.29 is 27.9 Å². The van der Waals surface area contributed by atoms with E-state index in [0.29, 0.717) is 42.7 Å². The maximum atomic E-state index is 12.8. The first-order valence-corrected chi connectivity index (χ1v) is 11.9. The standard InChI is InChI=1S/C27H27F3N4O3/c1-16-21(32-26(37)19-5-3-4-17(12-19)14-31)6-7-22-25(16)20(15-33(22)2)18-8-10-34(11-9-18)24(36)13-23(35)27(28,29)30/h3-7,12,15,18,23,35H,8-11,13H2,1-2H3,(H,32,37). The number of aliphatic hydroxyl groups is 1. The second-order valence-electron chi connectivity index (χ2n) is 9.39. The Labute approximate surface area is 212 Å². The number of piperidine rings is 1. The monoisotopic (exact) mass is 512 g/mol. The summed E-state index contributed by atoms with van der Waals surface area (Å²) in [5.41, 5.74) is 4.32. The predicted octanol–water partition coefficient (Wildman–Crippen LogP) is 4.63. The summed E-state index contributed by atoms with van der Waals surface area (Å²) in [5.74, 6) is -0.954. The number of aryl methyl sites for hydroxylation is 2. The maximum Gasteiger partial charge on any atom is 0.414 e. The Bertz CT molecular complexity index is 1380. The normalized spacial score (nSPS) is 15.4. The van der Waals surface area contributed by atoms with E-state index < -0.39 is 24.6 Å². The van der Waals surface area contributed by atoms with E-state index in [4.69, 9.17) is 5.26 Å². The average Bonchev–Trinajstić information content (AvgIpc) is 3.22. The van der Waals surface area contributed by atoms with E-state index in [1.54, 1.807) is 18.2 Å². The first-order chi connectivity index (χ1) is 17.5. The Hall–Kier alpha value is -3.84. The summed E-state index contributed by atoms with van der Waals surface area (Å²) >= 11 is 0. The highest BCUT2D eigenvalue weighted by Gasteiger charge is 2.40. The number of hydrogen-bond donors (Lipinski definition) is 2. The smallest absolute Gasteiger partial charge is 0.383 e. The van der Waals surface area contributed by atoms with Gasteiger partial charge in [0.1, 0.15) is 0 Å². The second kappa shape index (κ2) is 10.3. The molecular formula is C27H27F3N4O3. The average molecular weight is 513 g/mol. The Morgan fingerprint density at radius 3 is 2.57 bits per heavy atom. The summed E-state index contributed by atoms with van der Waals surface area (Å²) in [4.78, 5) is 26.5. The van der Waals surface area contributed by atoms with Crippen LogP contribution in [0.5, 0.6) is 0 Å². The zero-order chi connectivity index (χ0) is 26.9. The van der Waals surface area contributed by atoms with Crippen LogP contribution in [-0.2, 0) is 11.8 Å². The Morgan fingerprint density at radius 2 is 1.92 bits per heavy atom. The molecule has 2 aromatic carbocycles. The molecule has 194 valence electrons. The minimum atomic E-state index is -4.82. The van der Waals surface area contributed by atoms with Crippen molar-refractivity contribution in [2.45, 2.75) is 44.4 Å². The Balaban J connectivity index is 1.53. The first-order valence-electron chi connectivity index (χ1n) is 11.9. The topological polar surface area (TPSA) is 98.4 Å². The van der Waals surface area contributed by atoms with Gasteiger partial charge in [-0.25, -0.2) is 0 Å². The van der Waals surface area contributed by atoms with Gasteiger partial charge in [0.05, 0.1) is 18.1 Å². The number of aliphatic hydroxyl groups excluding tert-OH is 1. The number of amides is 2. The molecule has 7 nitrogen and oxygen atoms in total. The molecule has 0 aliphatic carbocycles. The molecule has 0 radical (unpaired) electrons. The molecule has 2 heterocycles. The molecule has 37 heavy (non-hydrogen) atoms. The summed E-state index contributed by atoms with van der Waals surface area (Å²) in [6, 6.07) is 12.2. The number of nitrogens with zero attached hydrogens (tertiary/aromatic N) is 3. The van der Waals surface area contributed by atoms with Crippen molar-refractivity contribution in [2.24, 2.45) is 7.05 Å². The molecule has 1 aliphatic rings. The van der Waals surface area contributed by atoms with Gasteiger partial charge in [0.2, 0.25) is 5.91 Å². The van der Waals surface area contributed by atoms with Crippen molar-refractivity contribution in [1.29, 1.82) is 5.26 Å². The molecule has 1 atom stereocenters. The Kier molecular flexibility index (Phi) is 7.28. The molecule has 2 N–H and O–H groups in total. The molecule has 2 amide bonds. The van der Waals surface area contributed by atoms with Gasteiger partial charge in [-0.15, -0.1) is 0 Å². The van der Waals surface area contributed by atoms with Crippen LogP contribution in [0.4, 0.5) is 18.9 Å². The fraction of sp³-hybridized carbons (Fsp3) is 0.370. The molecule has 1 aliphatic heterocycles. The maximum absolute atomic E-state index is 12.8. The molecule has 0 bridgehead atoms. The quantitative estimate of drug-likeness (QED) is 0.521. The Morgan fingerprint density at radius 1 is 1.22 bits per heavy atom. The third-order valence-electron chi connectivity index (χ3n) is 6.98. The second-order valence-corrected chi connectivity index (χ2v) is 9.39. The van der Waals surface area contributed by atoms with E-state index >= 15 is 0 Å². The number of nitriles is 1. The minimum absolute atomic E-state index is 0.0808. The molecule has 1 saturated heterocycles. The zero-order valence-electron chi connectivity index (χ0n) is 20.5. The van der Waals surface area contributed by atoms with Crippen molar-refractivity contribution in [3.63, 3.8) is 0 Å². The van der Waals surface area contributed by atoms with Gasteiger partial charge in [-0.05, 0) is 67.1 Å². The molecular weight excluding hydrogens is 485 g/mol. The van der Waals surface area contributed by atoms with Crippen LogP contribution in [0, 0.1) is 18.3 Å². The highest BCUT2D eigenvalue weighted by atomic mass is 19.4. The fourth-order valence-electron chi connectivity index (χ4n) is 4.92. The van der Waals surface area contributed by atoms with E-state index in [2.05, 4.69) is 5.32 Å². The number of nitrogens with one attached hydrogen (secondary N) is 1. The van der Waals surface area contributed by atoms with Gasteiger partial charge in [-0.2, -0.15) is 18.4 Å². The van der Waals surface area contributed by atoms with Crippen LogP contribution in [0.1, 0.15) is 52.2 Å². The van der Waals surface area contributed by atoms with E-state index in [-0.39, 0.29) is 11.8 Å². The lowest BCUT2D eigenvalue weighted by atomic mass is 9.87. The van der Waals surface area contributed by atoms with Crippen LogP contribution in [-0.4, -0.2) is 51.8 Å². The number of likely N-dealkylation sites (tertiary alicyclic amines) is 1. The van der Waals surface area contributed by atoms with Crippen molar-refractivity contribution in [3.8, 4) is 6.07 Å². The third kappa shape index (κ3) is 5.47.